The number of oxazole rings is 1. The number of nitrogens with one attached hydrogen (secondary N) is 1. The molecule has 1 N–H and O–H groups in total. The SMILES string of the molecule is CC1CNCCN1c1nc2cc(Cl)cc(OC3CCCCC3)c2o1. The summed E-state index contributed by atoms with van der Waals surface area (Å²) in [7, 11) is 0. The summed E-state index contributed by atoms with van der Waals surface area (Å²) in [5.74, 6) is 0.728. The molecule has 1 atom stereocenters. The van der Waals surface area contributed by atoms with Gasteiger partial charge < -0.3 is 19.4 Å². The third-order valence-electron chi connectivity index (χ3n) is 5.00. The fourth-order valence-corrected chi connectivity index (χ4v) is 3.86. The molecule has 0 amide bonds. The van der Waals surface area contributed by atoms with Crippen molar-refractivity contribution in [3.63, 3.8) is 0 Å². The van der Waals surface area contributed by atoms with Crippen molar-refractivity contribution in [3.05, 3.63) is 17.2 Å². The minimum absolute atomic E-state index is 0.257. The van der Waals surface area contributed by atoms with Crippen LogP contribution in [0.1, 0.15) is 39.0 Å². The first-order valence-corrected chi connectivity index (χ1v) is 9.32. The lowest BCUT2D eigenvalue weighted by molar-refractivity contribution is 0.155. The molecule has 0 bridgehead atoms. The number of hydrogen-bond acceptors (Lipinski definition) is 5. The van der Waals surface area contributed by atoms with Crippen molar-refractivity contribution in [2.75, 3.05) is 24.5 Å². The van der Waals surface area contributed by atoms with E-state index in [0.29, 0.717) is 22.7 Å². The third kappa shape index (κ3) is 3.20. The van der Waals surface area contributed by atoms with Gasteiger partial charge in [-0.3, -0.25) is 0 Å². The summed E-state index contributed by atoms with van der Waals surface area (Å²) in [5.41, 5.74) is 1.49. The number of hydrogen-bond donors (Lipinski definition) is 1. The van der Waals surface area contributed by atoms with E-state index in [1.54, 1.807) is 0 Å². The van der Waals surface area contributed by atoms with E-state index < -0.39 is 0 Å². The van der Waals surface area contributed by atoms with Gasteiger partial charge in [0.2, 0.25) is 0 Å². The Morgan fingerprint density at radius 3 is 2.92 bits per heavy atom. The number of ether oxygens (including phenoxy) is 1. The summed E-state index contributed by atoms with van der Waals surface area (Å²) in [4.78, 5) is 6.87. The number of aromatic nitrogens is 1. The summed E-state index contributed by atoms with van der Waals surface area (Å²) >= 11 is 6.28. The number of rotatable bonds is 3. The van der Waals surface area contributed by atoms with Gasteiger partial charge in [-0.25, -0.2) is 0 Å². The average molecular weight is 350 g/mol. The van der Waals surface area contributed by atoms with Gasteiger partial charge in [-0.2, -0.15) is 4.98 Å². The molecule has 1 aliphatic carbocycles. The van der Waals surface area contributed by atoms with Crippen LogP contribution in [-0.2, 0) is 0 Å². The molecule has 1 saturated heterocycles. The van der Waals surface area contributed by atoms with E-state index in [1.807, 2.05) is 12.1 Å². The molecule has 0 spiro atoms. The maximum absolute atomic E-state index is 6.28. The van der Waals surface area contributed by atoms with Crippen molar-refractivity contribution in [2.45, 2.75) is 51.2 Å². The topological polar surface area (TPSA) is 50.5 Å². The Bertz CT molecular complexity index is 712. The van der Waals surface area contributed by atoms with E-state index in [-0.39, 0.29) is 6.10 Å². The van der Waals surface area contributed by atoms with Gasteiger partial charge in [0.25, 0.3) is 6.01 Å². The molecule has 0 radical (unpaired) electrons. The molecule has 6 heteroatoms. The molecular weight excluding hydrogens is 326 g/mol. The Labute approximate surface area is 147 Å². The Morgan fingerprint density at radius 1 is 1.29 bits per heavy atom. The van der Waals surface area contributed by atoms with Crippen molar-refractivity contribution in [3.8, 4) is 5.75 Å². The van der Waals surface area contributed by atoms with Crippen molar-refractivity contribution in [2.24, 2.45) is 0 Å². The molecule has 2 fully saturated rings. The molecule has 1 aliphatic heterocycles. The molecule has 1 unspecified atom stereocenters. The van der Waals surface area contributed by atoms with E-state index in [1.165, 1.54) is 19.3 Å². The van der Waals surface area contributed by atoms with Gasteiger partial charge in [-0.15, -0.1) is 0 Å². The molecule has 1 aromatic carbocycles. The largest absolute Gasteiger partial charge is 0.486 e. The second-order valence-corrected chi connectivity index (χ2v) is 7.31. The zero-order valence-corrected chi connectivity index (χ0v) is 14.8. The highest BCUT2D eigenvalue weighted by Gasteiger charge is 2.25. The smallest absolute Gasteiger partial charge is 0.298 e. The van der Waals surface area contributed by atoms with Gasteiger partial charge in [-0.1, -0.05) is 18.0 Å². The van der Waals surface area contributed by atoms with Crippen molar-refractivity contribution < 1.29 is 9.15 Å². The predicted octanol–water partition coefficient (Wildman–Crippen LogP) is 3.99. The zero-order valence-electron chi connectivity index (χ0n) is 14.1. The van der Waals surface area contributed by atoms with Crippen LogP contribution in [0.4, 0.5) is 6.01 Å². The fraction of sp³-hybridized carbons (Fsp3) is 0.611. The molecule has 130 valence electrons. The van der Waals surface area contributed by atoms with Crippen LogP contribution in [0.15, 0.2) is 16.5 Å². The Morgan fingerprint density at radius 2 is 2.12 bits per heavy atom. The minimum atomic E-state index is 0.257. The van der Waals surface area contributed by atoms with Crippen LogP contribution in [0.5, 0.6) is 5.75 Å². The standard InChI is InChI=1S/C18H24ClN3O2/c1-12-11-20-7-8-22(12)18-21-15-9-13(19)10-16(17(15)24-18)23-14-5-3-2-4-6-14/h9-10,12,14,20H,2-8,11H2,1H3. The van der Waals surface area contributed by atoms with Crippen LogP contribution < -0.4 is 15.0 Å². The van der Waals surface area contributed by atoms with Crippen LogP contribution in [0, 0.1) is 0 Å². The number of benzene rings is 1. The lowest BCUT2D eigenvalue weighted by Crippen LogP contribution is -2.50. The van der Waals surface area contributed by atoms with Gasteiger partial charge in [0.15, 0.2) is 11.3 Å². The summed E-state index contributed by atoms with van der Waals surface area (Å²) < 4.78 is 12.3. The van der Waals surface area contributed by atoms with E-state index >= 15 is 0 Å². The number of piperazine rings is 1. The fourth-order valence-electron chi connectivity index (χ4n) is 3.66. The van der Waals surface area contributed by atoms with Crippen molar-refractivity contribution in [1.82, 2.24) is 10.3 Å². The quantitative estimate of drug-likeness (QED) is 0.907. The highest BCUT2D eigenvalue weighted by atomic mass is 35.5. The van der Waals surface area contributed by atoms with Gasteiger partial charge >= 0.3 is 0 Å². The Hall–Kier alpha value is -1.46. The lowest BCUT2D eigenvalue weighted by atomic mass is 9.98. The molecule has 4 rings (SSSR count). The summed E-state index contributed by atoms with van der Waals surface area (Å²) in [6.45, 7) is 4.94. The van der Waals surface area contributed by atoms with E-state index in [4.69, 9.17) is 20.8 Å². The zero-order chi connectivity index (χ0) is 16.5. The minimum Gasteiger partial charge on any atom is -0.486 e. The van der Waals surface area contributed by atoms with Gasteiger partial charge in [0.1, 0.15) is 5.52 Å². The van der Waals surface area contributed by atoms with Crippen molar-refractivity contribution in [1.29, 1.82) is 0 Å². The van der Waals surface area contributed by atoms with Crippen LogP contribution in [0.3, 0.4) is 0 Å². The molecule has 1 aromatic heterocycles. The molecule has 5 nitrogen and oxygen atoms in total. The van der Waals surface area contributed by atoms with Crippen LogP contribution in [-0.4, -0.2) is 36.8 Å². The second-order valence-electron chi connectivity index (χ2n) is 6.87. The molecular formula is C18H24ClN3O2. The monoisotopic (exact) mass is 349 g/mol. The first-order valence-electron chi connectivity index (χ1n) is 8.95. The first kappa shape index (κ1) is 16.0. The Balaban J connectivity index is 1.66. The molecule has 24 heavy (non-hydrogen) atoms. The summed E-state index contributed by atoms with van der Waals surface area (Å²) in [6.07, 6.45) is 6.22. The van der Waals surface area contributed by atoms with Gasteiger partial charge in [-0.05, 0) is 38.7 Å². The average Bonchev–Trinajstić information content (AvgIpc) is 3.00. The van der Waals surface area contributed by atoms with Crippen LogP contribution in [0.2, 0.25) is 5.02 Å². The maximum Gasteiger partial charge on any atom is 0.298 e. The molecule has 2 heterocycles. The Kier molecular flexibility index (Phi) is 4.55. The highest BCUT2D eigenvalue weighted by molar-refractivity contribution is 6.31. The highest BCUT2D eigenvalue weighted by Crippen LogP contribution is 2.35. The second kappa shape index (κ2) is 6.81. The first-order chi connectivity index (χ1) is 11.7. The molecule has 2 aliphatic rings. The number of nitrogens with zero attached hydrogens (tertiary/aromatic N) is 2. The van der Waals surface area contributed by atoms with E-state index in [0.717, 1.165) is 43.7 Å². The van der Waals surface area contributed by atoms with Gasteiger partial charge in [0, 0.05) is 36.8 Å². The van der Waals surface area contributed by atoms with E-state index in [2.05, 4.69) is 22.1 Å². The van der Waals surface area contributed by atoms with Crippen LogP contribution in [0.25, 0.3) is 11.1 Å². The van der Waals surface area contributed by atoms with Gasteiger partial charge in [0.05, 0.1) is 6.10 Å². The van der Waals surface area contributed by atoms with E-state index in [9.17, 15) is 0 Å². The summed E-state index contributed by atoms with van der Waals surface area (Å²) in [6, 6.07) is 4.72. The maximum atomic E-state index is 6.28. The predicted molar refractivity (Wildman–Crippen MR) is 96.2 cm³/mol. The molecule has 2 aromatic rings. The summed E-state index contributed by atoms with van der Waals surface area (Å²) in [5, 5.41) is 4.03. The van der Waals surface area contributed by atoms with Crippen molar-refractivity contribution >= 4 is 28.7 Å². The number of halogens is 1. The number of anilines is 1. The number of fused-ring (bicyclic) bond motifs is 1. The lowest BCUT2D eigenvalue weighted by Gasteiger charge is -2.32. The van der Waals surface area contributed by atoms with Crippen LogP contribution >= 0.6 is 11.6 Å². The normalized spacial score (nSPS) is 22.9. The molecule has 1 saturated carbocycles. The third-order valence-corrected chi connectivity index (χ3v) is 5.22.